The molecule has 1 heterocycles. The standard InChI is InChI=1S/C12H15BrFN/c1-8-4-5-9(13)10(11(8)14)12(2)6-3-7-15-12/h4-5,15H,3,6-7H2,1-2H3. The molecule has 1 saturated heterocycles. The van der Waals surface area contributed by atoms with Crippen LogP contribution in [0.4, 0.5) is 4.39 Å². The number of hydrogen-bond donors (Lipinski definition) is 1. The third-order valence-corrected chi connectivity index (χ3v) is 3.87. The first kappa shape index (κ1) is 11.1. The van der Waals surface area contributed by atoms with Gasteiger partial charge < -0.3 is 5.32 Å². The summed E-state index contributed by atoms with van der Waals surface area (Å²) in [6, 6.07) is 3.74. The molecule has 1 nitrogen and oxygen atoms in total. The number of benzene rings is 1. The van der Waals surface area contributed by atoms with Gasteiger partial charge in [-0.1, -0.05) is 22.0 Å². The summed E-state index contributed by atoms with van der Waals surface area (Å²) < 4.78 is 15.0. The van der Waals surface area contributed by atoms with Crippen LogP contribution in [0.25, 0.3) is 0 Å². The fraction of sp³-hybridized carbons (Fsp3) is 0.500. The van der Waals surface area contributed by atoms with E-state index in [2.05, 4.69) is 28.2 Å². The zero-order valence-corrected chi connectivity index (χ0v) is 10.6. The van der Waals surface area contributed by atoms with Gasteiger partial charge in [-0.05, 0) is 44.9 Å². The minimum absolute atomic E-state index is 0.0822. The smallest absolute Gasteiger partial charge is 0.132 e. The van der Waals surface area contributed by atoms with Crippen LogP contribution in [0.3, 0.4) is 0 Å². The third-order valence-electron chi connectivity index (χ3n) is 3.20. The van der Waals surface area contributed by atoms with Gasteiger partial charge in [0.05, 0.1) is 0 Å². The van der Waals surface area contributed by atoms with E-state index in [1.807, 2.05) is 13.0 Å². The van der Waals surface area contributed by atoms with E-state index in [1.165, 1.54) is 0 Å². The Balaban J connectivity index is 2.55. The van der Waals surface area contributed by atoms with Crippen molar-refractivity contribution in [3.05, 3.63) is 33.5 Å². The Kier molecular flexibility index (Phi) is 2.86. The summed E-state index contributed by atoms with van der Waals surface area (Å²) in [6.07, 6.45) is 2.10. The molecule has 15 heavy (non-hydrogen) atoms. The fourth-order valence-electron chi connectivity index (χ4n) is 2.27. The van der Waals surface area contributed by atoms with Crippen molar-refractivity contribution in [1.82, 2.24) is 5.32 Å². The summed E-state index contributed by atoms with van der Waals surface area (Å²) in [6.45, 7) is 4.85. The van der Waals surface area contributed by atoms with Crippen molar-refractivity contribution in [2.45, 2.75) is 32.2 Å². The maximum absolute atomic E-state index is 14.1. The zero-order chi connectivity index (χ0) is 11.1. The van der Waals surface area contributed by atoms with E-state index in [9.17, 15) is 4.39 Å². The van der Waals surface area contributed by atoms with Gasteiger partial charge in [0.1, 0.15) is 5.82 Å². The van der Waals surface area contributed by atoms with Crippen LogP contribution in [-0.4, -0.2) is 6.54 Å². The molecule has 82 valence electrons. The molecule has 1 aliphatic rings. The van der Waals surface area contributed by atoms with E-state index in [-0.39, 0.29) is 11.4 Å². The highest BCUT2D eigenvalue weighted by Gasteiger charge is 2.34. The number of aryl methyl sites for hydroxylation is 1. The second kappa shape index (κ2) is 3.87. The molecule has 1 unspecified atom stereocenters. The molecule has 2 rings (SSSR count). The Hall–Kier alpha value is -0.410. The van der Waals surface area contributed by atoms with Gasteiger partial charge in [-0.25, -0.2) is 4.39 Å². The van der Waals surface area contributed by atoms with Crippen LogP contribution in [0.1, 0.15) is 30.9 Å². The Labute approximate surface area is 98.2 Å². The molecule has 3 heteroatoms. The Morgan fingerprint density at radius 2 is 2.20 bits per heavy atom. The van der Waals surface area contributed by atoms with Gasteiger partial charge in [-0.15, -0.1) is 0 Å². The van der Waals surface area contributed by atoms with Crippen LogP contribution in [-0.2, 0) is 5.54 Å². The molecule has 0 saturated carbocycles. The Bertz CT molecular complexity index is 383. The number of rotatable bonds is 1. The molecule has 0 aliphatic carbocycles. The van der Waals surface area contributed by atoms with E-state index in [4.69, 9.17) is 0 Å². The summed E-state index contributed by atoms with van der Waals surface area (Å²) in [7, 11) is 0. The lowest BCUT2D eigenvalue weighted by molar-refractivity contribution is 0.407. The van der Waals surface area contributed by atoms with Gasteiger partial charge in [0, 0.05) is 15.6 Å². The maximum Gasteiger partial charge on any atom is 0.132 e. The van der Waals surface area contributed by atoms with Crippen molar-refractivity contribution in [2.24, 2.45) is 0 Å². The highest BCUT2D eigenvalue weighted by molar-refractivity contribution is 9.10. The molecule has 0 aromatic heterocycles. The van der Waals surface area contributed by atoms with Crippen molar-refractivity contribution >= 4 is 15.9 Å². The SMILES string of the molecule is Cc1ccc(Br)c(C2(C)CCCN2)c1F. The molecular weight excluding hydrogens is 257 g/mol. The molecule has 0 spiro atoms. The summed E-state index contributed by atoms with van der Waals surface area (Å²) in [5.41, 5.74) is 1.28. The molecule has 1 atom stereocenters. The number of halogens is 2. The van der Waals surface area contributed by atoms with Crippen molar-refractivity contribution in [2.75, 3.05) is 6.54 Å². The average Bonchev–Trinajstić information content (AvgIpc) is 2.60. The maximum atomic E-state index is 14.1. The van der Waals surface area contributed by atoms with Gasteiger partial charge in [0.2, 0.25) is 0 Å². The monoisotopic (exact) mass is 271 g/mol. The minimum atomic E-state index is -0.213. The summed E-state index contributed by atoms with van der Waals surface area (Å²) in [4.78, 5) is 0. The van der Waals surface area contributed by atoms with Crippen LogP contribution in [0.2, 0.25) is 0 Å². The molecule has 1 aliphatic heterocycles. The molecule has 0 bridgehead atoms. The second-order valence-electron chi connectivity index (χ2n) is 4.42. The largest absolute Gasteiger partial charge is 0.307 e. The fourth-order valence-corrected chi connectivity index (χ4v) is 3.01. The van der Waals surface area contributed by atoms with Crippen LogP contribution in [0.15, 0.2) is 16.6 Å². The lowest BCUT2D eigenvalue weighted by Gasteiger charge is -2.27. The summed E-state index contributed by atoms with van der Waals surface area (Å²) >= 11 is 3.45. The normalized spacial score (nSPS) is 25.9. The van der Waals surface area contributed by atoms with Gasteiger partial charge in [0.25, 0.3) is 0 Å². The Morgan fingerprint density at radius 1 is 1.47 bits per heavy atom. The third kappa shape index (κ3) is 1.83. The molecule has 0 amide bonds. The van der Waals surface area contributed by atoms with E-state index < -0.39 is 0 Å². The highest BCUT2D eigenvalue weighted by atomic mass is 79.9. The summed E-state index contributed by atoms with van der Waals surface area (Å²) in [5.74, 6) is -0.0822. The first-order chi connectivity index (χ1) is 7.04. The highest BCUT2D eigenvalue weighted by Crippen LogP contribution is 2.37. The topological polar surface area (TPSA) is 12.0 Å². The summed E-state index contributed by atoms with van der Waals surface area (Å²) in [5, 5.41) is 3.39. The lowest BCUT2D eigenvalue weighted by atomic mass is 9.89. The van der Waals surface area contributed by atoms with Crippen LogP contribution in [0, 0.1) is 12.7 Å². The van der Waals surface area contributed by atoms with Crippen molar-refractivity contribution in [1.29, 1.82) is 0 Å². The van der Waals surface area contributed by atoms with Crippen molar-refractivity contribution in [3.8, 4) is 0 Å². The van der Waals surface area contributed by atoms with Crippen molar-refractivity contribution < 1.29 is 4.39 Å². The second-order valence-corrected chi connectivity index (χ2v) is 5.27. The van der Waals surface area contributed by atoms with Gasteiger partial charge >= 0.3 is 0 Å². The molecule has 1 aromatic carbocycles. The average molecular weight is 272 g/mol. The quantitative estimate of drug-likeness (QED) is 0.825. The van der Waals surface area contributed by atoms with Crippen LogP contribution in [0.5, 0.6) is 0 Å². The molecule has 0 radical (unpaired) electrons. The minimum Gasteiger partial charge on any atom is -0.307 e. The predicted molar refractivity (Wildman–Crippen MR) is 63.4 cm³/mol. The number of hydrogen-bond acceptors (Lipinski definition) is 1. The zero-order valence-electron chi connectivity index (χ0n) is 9.03. The first-order valence-electron chi connectivity index (χ1n) is 5.25. The molecule has 1 N–H and O–H groups in total. The first-order valence-corrected chi connectivity index (χ1v) is 6.04. The molecule has 1 fully saturated rings. The lowest BCUT2D eigenvalue weighted by Crippen LogP contribution is -2.34. The molecule has 1 aromatic rings. The van der Waals surface area contributed by atoms with Gasteiger partial charge in [0.15, 0.2) is 0 Å². The Morgan fingerprint density at radius 3 is 2.80 bits per heavy atom. The molecular formula is C12H15BrFN. The van der Waals surface area contributed by atoms with Crippen molar-refractivity contribution in [3.63, 3.8) is 0 Å². The van der Waals surface area contributed by atoms with E-state index in [0.29, 0.717) is 5.56 Å². The van der Waals surface area contributed by atoms with E-state index in [1.54, 1.807) is 6.07 Å². The van der Waals surface area contributed by atoms with Gasteiger partial charge in [-0.3, -0.25) is 0 Å². The van der Waals surface area contributed by atoms with Gasteiger partial charge in [-0.2, -0.15) is 0 Å². The number of nitrogens with one attached hydrogen (secondary N) is 1. The predicted octanol–water partition coefficient (Wildman–Crippen LogP) is 3.50. The van der Waals surface area contributed by atoms with E-state index in [0.717, 1.165) is 29.4 Å². The van der Waals surface area contributed by atoms with E-state index >= 15 is 0 Å². The van der Waals surface area contributed by atoms with Crippen LogP contribution < -0.4 is 5.32 Å². The van der Waals surface area contributed by atoms with Crippen LogP contribution >= 0.6 is 15.9 Å².